The SMILES string of the molecule is CCNC(=NCC(CCO)CC(C)C)N(C)CCc1ccc(OC)c(OC)c1.I. The van der Waals surface area contributed by atoms with E-state index in [2.05, 4.69) is 44.1 Å². The quantitative estimate of drug-likeness (QED) is 0.249. The van der Waals surface area contributed by atoms with Crippen LogP contribution in [0.15, 0.2) is 23.2 Å². The Morgan fingerprint density at radius 2 is 1.90 bits per heavy atom. The number of aliphatic hydroxyl groups excluding tert-OH is 1. The van der Waals surface area contributed by atoms with Gasteiger partial charge >= 0.3 is 0 Å². The van der Waals surface area contributed by atoms with Crippen LogP contribution in [0.2, 0.25) is 0 Å². The summed E-state index contributed by atoms with van der Waals surface area (Å²) in [6.45, 7) is 9.14. The Bertz CT molecular complexity index is 597. The maximum atomic E-state index is 9.32. The van der Waals surface area contributed by atoms with Gasteiger partial charge in [0.05, 0.1) is 14.2 Å². The van der Waals surface area contributed by atoms with Gasteiger partial charge in [0.15, 0.2) is 17.5 Å². The Hall–Kier alpha value is -1.22. The average Bonchev–Trinajstić information content (AvgIpc) is 2.68. The maximum absolute atomic E-state index is 9.32. The number of halogens is 1. The zero-order valence-electron chi connectivity index (χ0n) is 18.9. The lowest BCUT2D eigenvalue weighted by Crippen LogP contribution is -2.40. The van der Waals surface area contributed by atoms with E-state index in [1.807, 2.05) is 12.1 Å². The maximum Gasteiger partial charge on any atom is 0.193 e. The van der Waals surface area contributed by atoms with Crippen LogP contribution in [0.1, 0.15) is 39.2 Å². The summed E-state index contributed by atoms with van der Waals surface area (Å²) in [6.07, 6.45) is 2.77. The van der Waals surface area contributed by atoms with Crippen LogP contribution in [0, 0.1) is 11.8 Å². The van der Waals surface area contributed by atoms with E-state index in [4.69, 9.17) is 14.5 Å². The second-order valence-electron chi connectivity index (χ2n) is 7.56. The number of hydrogen-bond acceptors (Lipinski definition) is 4. The Morgan fingerprint density at radius 3 is 2.45 bits per heavy atom. The zero-order valence-corrected chi connectivity index (χ0v) is 21.2. The van der Waals surface area contributed by atoms with Crippen LogP contribution in [-0.2, 0) is 6.42 Å². The molecule has 1 atom stereocenters. The molecule has 0 amide bonds. The van der Waals surface area contributed by atoms with E-state index >= 15 is 0 Å². The largest absolute Gasteiger partial charge is 0.493 e. The van der Waals surface area contributed by atoms with Gasteiger partial charge in [-0.1, -0.05) is 19.9 Å². The molecule has 0 bridgehead atoms. The second kappa shape index (κ2) is 15.6. The summed E-state index contributed by atoms with van der Waals surface area (Å²) in [5.41, 5.74) is 1.19. The Morgan fingerprint density at radius 1 is 1.21 bits per heavy atom. The van der Waals surface area contributed by atoms with E-state index in [9.17, 15) is 5.11 Å². The van der Waals surface area contributed by atoms with Gasteiger partial charge in [-0.2, -0.15) is 0 Å². The average molecular weight is 521 g/mol. The topological polar surface area (TPSA) is 66.3 Å². The van der Waals surface area contributed by atoms with E-state index in [0.29, 0.717) is 11.8 Å². The molecule has 0 saturated heterocycles. The van der Waals surface area contributed by atoms with Gasteiger partial charge in [0.25, 0.3) is 0 Å². The van der Waals surface area contributed by atoms with Gasteiger partial charge in [-0.05, 0) is 55.7 Å². The molecule has 7 heteroatoms. The molecule has 1 aromatic carbocycles. The Labute approximate surface area is 194 Å². The third kappa shape index (κ3) is 10.4. The Balaban J connectivity index is 0.00000784. The van der Waals surface area contributed by atoms with Crippen LogP contribution in [0.5, 0.6) is 11.5 Å². The normalized spacial score (nSPS) is 12.3. The Kier molecular flexibility index (Phi) is 14.9. The number of benzene rings is 1. The van der Waals surface area contributed by atoms with Gasteiger partial charge in [-0.3, -0.25) is 4.99 Å². The number of ether oxygens (including phenoxy) is 2. The van der Waals surface area contributed by atoms with Crippen LogP contribution >= 0.6 is 24.0 Å². The lowest BCUT2D eigenvalue weighted by Gasteiger charge is -2.23. The molecule has 0 aliphatic rings. The number of methoxy groups -OCH3 is 2. The summed E-state index contributed by atoms with van der Waals surface area (Å²) in [4.78, 5) is 6.99. The first kappa shape index (κ1) is 27.8. The number of nitrogens with zero attached hydrogens (tertiary/aromatic N) is 2. The molecular formula is C22H40IN3O3. The monoisotopic (exact) mass is 521 g/mol. The van der Waals surface area contributed by atoms with Gasteiger partial charge in [-0.15, -0.1) is 24.0 Å². The van der Waals surface area contributed by atoms with Crippen LogP contribution in [0.25, 0.3) is 0 Å². The smallest absolute Gasteiger partial charge is 0.193 e. The van der Waals surface area contributed by atoms with Crippen molar-refractivity contribution in [3.05, 3.63) is 23.8 Å². The molecule has 1 aromatic rings. The molecule has 168 valence electrons. The third-order valence-corrected chi connectivity index (χ3v) is 4.72. The third-order valence-electron chi connectivity index (χ3n) is 4.72. The number of nitrogens with one attached hydrogen (secondary N) is 1. The van der Waals surface area contributed by atoms with E-state index < -0.39 is 0 Å². The van der Waals surface area contributed by atoms with Gasteiger partial charge < -0.3 is 24.8 Å². The lowest BCUT2D eigenvalue weighted by molar-refractivity contribution is 0.245. The summed E-state index contributed by atoms with van der Waals surface area (Å²) in [7, 11) is 5.36. The van der Waals surface area contributed by atoms with E-state index in [0.717, 1.165) is 56.4 Å². The molecule has 0 aromatic heterocycles. The summed E-state index contributed by atoms with van der Waals surface area (Å²) < 4.78 is 10.7. The summed E-state index contributed by atoms with van der Waals surface area (Å²) >= 11 is 0. The second-order valence-corrected chi connectivity index (χ2v) is 7.56. The molecule has 0 aliphatic heterocycles. The fraction of sp³-hybridized carbons (Fsp3) is 0.682. The minimum absolute atomic E-state index is 0. The van der Waals surface area contributed by atoms with Crippen molar-refractivity contribution in [2.75, 3.05) is 47.5 Å². The van der Waals surface area contributed by atoms with E-state index in [-0.39, 0.29) is 30.6 Å². The number of aliphatic imine (C=N–C) groups is 1. The molecule has 0 aliphatic carbocycles. The van der Waals surface area contributed by atoms with Gasteiger partial charge in [-0.25, -0.2) is 0 Å². The number of likely N-dealkylation sites (N-methyl/N-ethyl adjacent to an activating group) is 1. The van der Waals surface area contributed by atoms with Crippen molar-refractivity contribution in [3.8, 4) is 11.5 Å². The molecule has 0 radical (unpaired) electrons. The molecule has 0 heterocycles. The first-order chi connectivity index (χ1) is 13.4. The van der Waals surface area contributed by atoms with E-state index in [1.54, 1.807) is 14.2 Å². The van der Waals surface area contributed by atoms with Crippen molar-refractivity contribution in [1.29, 1.82) is 0 Å². The first-order valence-corrected chi connectivity index (χ1v) is 10.3. The van der Waals surface area contributed by atoms with Gasteiger partial charge in [0, 0.05) is 33.3 Å². The lowest BCUT2D eigenvalue weighted by atomic mass is 9.94. The van der Waals surface area contributed by atoms with Crippen LogP contribution in [-0.4, -0.2) is 63.5 Å². The summed E-state index contributed by atoms with van der Waals surface area (Å²) in [6, 6.07) is 6.04. The van der Waals surface area contributed by atoms with Crippen molar-refractivity contribution in [1.82, 2.24) is 10.2 Å². The minimum Gasteiger partial charge on any atom is -0.493 e. The highest BCUT2D eigenvalue weighted by molar-refractivity contribution is 14.0. The highest BCUT2D eigenvalue weighted by Gasteiger charge is 2.13. The first-order valence-electron chi connectivity index (χ1n) is 10.3. The zero-order chi connectivity index (χ0) is 20.9. The molecule has 6 nitrogen and oxygen atoms in total. The molecule has 1 unspecified atom stereocenters. The van der Waals surface area contributed by atoms with Crippen molar-refractivity contribution in [3.63, 3.8) is 0 Å². The standard InChI is InChI=1S/C22H39N3O3.HI/c1-7-23-22(24-16-19(11-13-26)14-17(2)3)25(4)12-10-18-8-9-20(27-5)21(15-18)28-6;/h8-9,15,17,19,26H,7,10-14,16H2,1-6H3,(H,23,24);1H. The molecule has 0 saturated carbocycles. The van der Waals surface area contributed by atoms with Crippen molar-refractivity contribution < 1.29 is 14.6 Å². The fourth-order valence-corrected chi connectivity index (χ4v) is 3.26. The predicted molar refractivity (Wildman–Crippen MR) is 132 cm³/mol. The molecular weight excluding hydrogens is 481 g/mol. The van der Waals surface area contributed by atoms with Gasteiger partial charge in [0.1, 0.15) is 0 Å². The molecule has 1 rings (SSSR count). The van der Waals surface area contributed by atoms with Crippen molar-refractivity contribution >= 4 is 29.9 Å². The number of hydrogen-bond donors (Lipinski definition) is 2. The number of guanidine groups is 1. The highest BCUT2D eigenvalue weighted by Crippen LogP contribution is 2.27. The van der Waals surface area contributed by atoms with Crippen LogP contribution < -0.4 is 14.8 Å². The molecule has 29 heavy (non-hydrogen) atoms. The van der Waals surface area contributed by atoms with Crippen molar-refractivity contribution in [2.45, 2.75) is 40.0 Å². The number of rotatable bonds is 12. The molecule has 0 spiro atoms. The molecule has 0 fully saturated rings. The predicted octanol–water partition coefficient (Wildman–Crippen LogP) is 3.81. The summed E-state index contributed by atoms with van der Waals surface area (Å²) in [5.74, 6) is 3.43. The molecule has 2 N–H and O–H groups in total. The van der Waals surface area contributed by atoms with Crippen LogP contribution in [0.4, 0.5) is 0 Å². The summed E-state index contributed by atoms with van der Waals surface area (Å²) in [5, 5.41) is 12.7. The van der Waals surface area contributed by atoms with E-state index in [1.165, 1.54) is 5.56 Å². The number of aliphatic hydroxyl groups is 1. The van der Waals surface area contributed by atoms with Crippen LogP contribution in [0.3, 0.4) is 0 Å². The fourth-order valence-electron chi connectivity index (χ4n) is 3.26. The van der Waals surface area contributed by atoms with Gasteiger partial charge in [0.2, 0.25) is 0 Å². The minimum atomic E-state index is 0. The highest BCUT2D eigenvalue weighted by atomic mass is 127. The van der Waals surface area contributed by atoms with Crippen molar-refractivity contribution in [2.24, 2.45) is 16.8 Å².